The fourth-order valence-corrected chi connectivity index (χ4v) is 1.43. The van der Waals surface area contributed by atoms with Crippen LogP contribution in [0.1, 0.15) is 25.6 Å². The molecule has 1 N–H and O–H groups in total. The molecule has 0 fully saturated rings. The average molecular weight is 225 g/mol. The van der Waals surface area contributed by atoms with E-state index < -0.39 is 6.04 Å². The Balaban J connectivity index is 2.80. The molecule has 1 atom stereocenters. The van der Waals surface area contributed by atoms with Crippen molar-refractivity contribution in [3.05, 3.63) is 18.2 Å². The Morgan fingerprint density at radius 2 is 2.31 bits per heavy atom. The largest absolute Gasteiger partial charge is 0.468 e. The van der Waals surface area contributed by atoms with Crippen LogP contribution in [0.4, 0.5) is 0 Å². The minimum Gasteiger partial charge on any atom is -0.468 e. The van der Waals surface area contributed by atoms with Gasteiger partial charge in [-0.05, 0) is 12.5 Å². The average Bonchev–Trinajstić information content (AvgIpc) is 2.64. The van der Waals surface area contributed by atoms with Crippen molar-refractivity contribution in [1.29, 1.82) is 0 Å². The maximum absolute atomic E-state index is 11.6. The zero-order valence-corrected chi connectivity index (χ0v) is 10.2. The topological polar surface area (TPSA) is 56.1 Å². The molecule has 5 nitrogen and oxygen atoms in total. The molecule has 1 aromatic heterocycles. The first-order valence-electron chi connectivity index (χ1n) is 5.33. The van der Waals surface area contributed by atoms with E-state index in [1.165, 1.54) is 7.11 Å². The highest BCUT2D eigenvalue weighted by molar-refractivity contribution is 5.76. The molecule has 0 spiro atoms. The number of aryl methyl sites for hydroxylation is 1. The minimum atomic E-state index is -0.445. The zero-order chi connectivity index (χ0) is 12.1. The maximum atomic E-state index is 11.6. The lowest BCUT2D eigenvalue weighted by atomic mass is 10.1. The summed E-state index contributed by atoms with van der Waals surface area (Å²) >= 11 is 0. The zero-order valence-electron chi connectivity index (χ0n) is 10.2. The van der Waals surface area contributed by atoms with E-state index in [9.17, 15) is 4.79 Å². The van der Waals surface area contributed by atoms with Crippen molar-refractivity contribution in [3.63, 3.8) is 0 Å². The number of ether oxygens (including phenoxy) is 1. The van der Waals surface area contributed by atoms with Gasteiger partial charge in [0.05, 0.1) is 25.3 Å². The molecule has 1 heterocycles. The van der Waals surface area contributed by atoms with Crippen LogP contribution in [-0.2, 0) is 16.6 Å². The number of nitrogens with one attached hydrogen (secondary N) is 1. The molecule has 0 saturated heterocycles. The SMILES string of the molecule is COC(=O)C(NCC(C)C)c1cncn1C. The number of rotatable bonds is 5. The van der Waals surface area contributed by atoms with E-state index in [0.717, 1.165) is 12.2 Å². The lowest BCUT2D eigenvalue weighted by molar-refractivity contribution is -0.143. The highest BCUT2D eigenvalue weighted by atomic mass is 16.5. The normalized spacial score (nSPS) is 12.8. The van der Waals surface area contributed by atoms with Crippen LogP contribution >= 0.6 is 0 Å². The second-order valence-corrected chi connectivity index (χ2v) is 4.19. The summed E-state index contributed by atoms with van der Waals surface area (Å²) in [7, 11) is 3.25. The highest BCUT2D eigenvalue weighted by Gasteiger charge is 2.23. The van der Waals surface area contributed by atoms with E-state index in [0.29, 0.717) is 5.92 Å². The van der Waals surface area contributed by atoms with Crippen LogP contribution in [0.15, 0.2) is 12.5 Å². The predicted octanol–water partition coefficient (Wildman–Crippen LogP) is 0.880. The van der Waals surface area contributed by atoms with Gasteiger partial charge >= 0.3 is 5.97 Å². The standard InChI is InChI=1S/C11H19N3O2/c1-8(2)5-13-10(11(15)16-4)9-6-12-7-14(9)3/h6-8,10,13H,5H2,1-4H3. The minimum absolute atomic E-state index is 0.288. The van der Waals surface area contributed by atoms with Crippen molar-refractivity contribution in [2.24, 2.45) is 13.0 Å². The number of esters is 1. The van der Waals surface area contributed by atoms with Gasteiger partial charge in [-0.15, -0.1) is 0 Å². The number of carbonyl (C=O) groups excluding carboxylic acids is 1. The molecule has 0 saturated carbocycles. The van der Waals surface area contributed by atoms with Gasteiger partial charge in [-0.2, -0.15) is 0 Å². The van der Waals surface area contributed by atoms with Gasteiger partial charge in [0.15, 0.2) is 0 Å². The maximum Gasteiger partial charge on any atom is 0.329 e. The van der Waals surface area contributed by atoms with Gasteiger partial charge in [-0.1, -0.05) is 13.8 Å². The smallest absolute Gasteiger partial charge is 0.329 e. The summed E-state index contributed by atoms with van der Waals surface area (Å²) in [6.45, 7) is 4.93. The molecule has 0 aliphatic rings. The summed E-state index contributed by atoms with van der Waals surface area (Å²) in [6.07, 6.45) is 3.34. The van der Waals surface area contributed by atoms with Crippen molar-refractivity contribution in [2.75, 3.05) is 13.7 Å². The van der Waals surface area contributed by atoms with Gasteiger partial charge in [-0.3, -0.25) is 5.32 Å². The first-order chi connectivity index (χ1) is 7.56. The molecule has 1 rings (SSSR count). The van der Waals surface area contributed by atoms with Crippen molar-refractivity contribution in [3.8, 4) is 0 Å². The van der Waals surface area contributed by atoms with E-state index in [1.807, 2.05) is 11.6 Å². The monoisotopic (exact) mass is 225 g/mol. The fourth-order valence-electron chi connectivity index (χ4n) is 1.43. The van der Waals surface area contributed by atoms with Crippen LogP contribution in [0.3, 0.4) is 0 Å². The second kappa shape index (κ2) is 5.65. The Kier molecular flexibility index (Phi) is 4.49. The third-order valence-electron chi connectivity index (χ3n) is 2.32. The van der Waals surface area contributed by atoms with E-state index in [2.05, 4.69) is 24.1 Å². The highest BCUT2D eigenvalue weighted by Crippen LogP contribution is 2.13. The Hall–Kier alpha value is -1.36. The van der Waals surface area contributed by atoms with Crippen molar-refractivity contribution >= 4 is 5.97 Å². The molecule has 0 bridgehead atoms. The van der Waals surface area contributed by atoms with E-state index in [1.54, 1.807) is 12.5 Å². The van der Waals surface area contributed by atoms with Crippen LogP contribution in [0.25, 0.3) is 0 Å². The van der Waals surface area contributed by atoms with Gasteiger partial charge in [0, 0.05) is 7.05 Å². The molecule has 90 valence electrons. The van der Waals surface area contributed by atoms with Crippen LogP contribution in [-0.4, -0.2) is 29.2 Å². The molecule has 0 aliphatic heterocycles. The Labute approximate surface area is 95.8 Å². The summed E-state index contributed by atoms with van der Waals surface area (Å²) in [5, 5.41) is 3.18. The quantitative estimate of drug-likeness (QED) is 0.756. The van der Waals surface area contributed by atoms with Crippen molar-refractivity contribution in [2.45, 2.75) is 19.9 Å². The number of imidazole rings is 1. The number of aromatic nitrogens is 2. The number of hydrogen-bond acceptors (Lipinski definition) is 4. The molecule has 0 aliphatic carbocycles. The lowest BCUT2D eigenvalue weighted by Gasteiger charge is -2.18. The van der Waals surface area contributed by atoms with Crippen LogP contribution in [0.5, 0.6) is 0 Å². The van der Waals surface area contributed by atoms with Crippen LogP contribution in [0.2, 0.25) is 0 Å². The number of nitrogens with zero attached hydrogens (tertiary/aromatic N) is 2. The Morgan fingerprint density at radius 1 is 1.62 bits per heavy atom. The number of methoxy groups -OCH3 is 1. The summed E-state index contributed by atoms with van der Waals surface area (Å²) < 4.78 is 6.60. The van der Waals surface area contributed by atoms with Crippen LogP contribution in [0, 0.1) is 5.92 Å². The lowest BCUT2D eigenvalue weighted by Crippen LogP contribution is -2.33. The molecular weight excluding hydrogens is 206 g/mol. The molecule has 0 radical (unpaired) electrons. The summed E-state index contributed by atoms with van der Waals surface area (Å²) in [6, 6.07) is -0.445. The first kappa shape index (κ1) is 12.7. The predicted molar refractivity (Wildman–Crippen MR) is 60.8 cm³/mol. The fraction of sp³-hybridized carbons (Fsp3) is 0.636. The molecule has 5 heteroatoms. The summed E-state index contributed by atoms with van der Waals surface area (Å²) in [5.74, 6) is 0.185. The molecule has 16 heavy (non-hydrogen) atoms. The molecular formula is C11H19N3O2. The van der Waals surface area contributed by atoms with Gasteiger partial charge in [-0.25, -0.2) is 9.78 Å². The van der Waals surface area contributed by atoms with Gasteiger partial charge < -0.3 is 9.30 Å². The van der Waals surface area contributed by atoms with Gasteiger partial charge in [0.25, 0.3) is 0 Å². The van der Waals surface area contributed by atoms with Crippen molar-refractivity contribution < 1.29 is 9.53 Å². The molecule has 1 unspecified atom stereocenters. The number of hydrogen-bond donors (Lipinski definition) is 1. The number of carbonyl (C=O) groups is 1. The molecule has 1 aromatic rings. The van der Waals surface area contributed by atoms with Gasteiger partial charge in [0.1, 0.15) is 6.04 Å². The van der Waals surface area contributed by atoms with E-state index in [4.69, 9.17) is 4.74 Å². The van der Waals surface area contributed by atoms with E-state index >= 15 is 0 Å². The first-order valence-corrected chi connectivity index (χ1v) is 5.33. The third-order valence-corrected chi connectivity index (χ3v) is 2.32. The summed E-state index contributed by atoms with van der Waals surface area (Å²) in [5.41, 5.74) is 0.813. The third kappa shape index (κ3) is 3.06. The molecule has 0 aromatic carbocycles. The van der Waals surface area contributed by atoms with Crippen molar-refractivity contribution in [1.82, 2.24) is 14.9 Å². The second-order valence-electron chi connectivity index (χ2n) is 4.19. The summed E-state index contributed by atoms with van der Waals surface area (Å²) in [4.78, 5) is 15.7. The van der Waals surface area contributed by atoms with Crippen LogP contribution < -0.4 is 5.32 Å². The Bertz CT molecular complexity index is 347. The van der Waals surface area contributed by atoms with E-state index in [-0.39, 0.29) is 5.97 Å². The van der Waals surface area contributed by atoms with Gasteiger partial charge in [0.2, 0.25) is 0 Å². The molecule has 0 amide bonds. The Morgan fingerprint density at radius 3 is 2.75 bits per heavy atom.